The maximum absolute atomic E-state index is 4.57. The highest BCUT2D eigenvalue weighted by molar-refractivity contribution is 5.36. The fourth-order valence-electron chi connectivity index (χ4n) is 4.04. The van der Waals surface area contributed by atoms with Crippen molar-refractivity contribution in [3.63, 3.8) is 0 Å². The highest BCUT2D eigenvalue weighted by Crippen LogP contribution is 2.33. The van der Waals surface area contributed by atoms with Crippen LogP contribution in [0.2, 0.25) is 0 Å². The Morgan fingerprint density at radius 2 is 1.92 bits per heavy atom. The zero-order valence-electron chi connectivity index (χ0n) is 15.3. The van der Waals surface area contributed by atoms with Gasteiger partial charge in [-0.25, -0.2) is 4.68 Å². The molecule has 0 aliphatic carbocycles. The molecule has 0 spiro atoms. The standard InChI is InChI=1S/C21H26N4/c1-16-14-17(2)25(22-16)19-10-8-18(9-11-19)15-24-13-5-7-21(24)20-6-4-12-23(20)3/h4,6,8-12,14,21H,5,7,13,15H2,1-3H3. The van der Waals surface area contributed by atoms with Crippen LogP contribution < -0.4 is 0 Å². The fourth-order valence-corrected chi connectivity index (χ4v) is 4.04. The van der Waals surface area contributed by atoms with Crippen LogP contribution in [0.25, 0.3) is 5.69 Å². The van der Waals surface area contributed by atoms with Gasteiger partial charge in [-0.15, -0.1) is 0 Å². The smallest absolute Gasteiger partial charge is 0.0648 e. The van der Waals surface area contributed by atoms with Crippen molar-refractivity contribution < 1.29 is 0 Å². The van der Waals surface area contributed by atoms with Crippen LogP contribution in [0.1, 0.15) is 41.5 Å². The molecule has 0 radical (unpaired) electrons. The molecule has 1 aromatic carbocycles. The van der Waals surface area contributed by atoms with Gasteiger partial charge in [0.05, 0.1) is 17.4 Å². The van der Waals surface area contributed by atoms with Gasteiger partial charge >= 0.3 is 0 Å². The summed E-state index contributed by atoms with van der Waals surface area (Å²) in [6.45, 7) is 6.32. The van der Waals surface area contributed by atoms with Gasteiger partial charge in [-0.05, 0) is 69.1 Å². The van der Waals surface area contributed by atoms with Gasteiger partial charge in [-0.3, -0.25) is 4.90 Å². The quantitative estimate of drug-likeness (QED) is 0.716. The molecule has 3 heterocycles. The van der Waals surface area contributed by atoms with E-state index in [1.54, 1.807) is 0 Å². The van der Waals surface area contributed by atoms with Crippen LogP contribution in [-0.4, -0.2) is 25.8 Å². The van der Waals surface area contributed by atoms with Gasteiger partial charge in [-0.1, -0.05) is 12.1 Å². The zero-order chi connectivity index (χ0) is 17.4. The minimum atomic E-state index is 0.538. The minimum Gasteiger partial charge on any atom is -0.353 e. The minimum absolute atomic E-state index is 0.538. The number of benzene rings is 1. The van der Waals surface area contributed by atoms with E-state index in [2.05, 4.69) is 77.2 Å². The molecular weight excluding hydrogens is 308 g/mol. The van der Waals surface area contributed by atoms with Crippen LogP contribution in [0, 0.1) is 13.8 Å². The van der Waals surface area contributed by atoms with E-state index in [1.165, 1.54) is 36.3 Å². The second-order valence-electron chi connectivity index (χ2n) is 7.18. The number of aryl methyl sites for hydroxylation is 3. The van der Waals surface area contributed by atoms with Gasteiger partial charge in [-0.2, -0.15) is 5.10 Å². The molecule has 2 aromatic heterocycles. The Bertz CT molecular complexity index is 856. The van der Waals surface area contributed by atoms with Gasteiger partial charge in [0.15, 0.2) is 0 Å². The Labute approximate surface area is 149 Å². The number of hydrogen-bond donors (Lipinski definition) is 0. The molecule has 4 heteroatoms. The molecule has 4 rings (SSSR count). The molecule has 0 bridgehead atoms. The van der Waals surface area contributed by atoms with Gasteiger partial charge in [0.25, 0.3) is 0 Å². The molecule has 0 saturated carbocycles. The van der Waals surface area contributed by atoms with Crippen LogP contribution in [0.15, 0.2) is 48.7 Å². The second kappa shape index (κ2) is 6.52. The third-order valence-electron chi connectivity index (χ3n) is 5.27. The predicted octanol–water partition coefficient (Wildman–Crippen LogP) is 4.16. The topological polar surface area (TPSA) is 26.0 Å². The van der Waals surface area contributed by atoms with Crippen molar-refractivity contribution in [3.05, 3.63) is 71.3 Å². The highest BCUT2D eigenvalue weighted by Gasteiger charge is 2.27. The van der Waals surface area contributed by atoms with Crippen molar-refractivity contribution in [1.29, 1.82) is 0 Å². The van der Waals surface area contributed by atoms with E-state index in [9.17, 15) is 0 Å². The SMILES string of the molecule is Cc1cc(C)n(-c2ccc(CN3CCCC3c3cccn3C)cc2)n1. The lowest BCUT2D eigenvalue weighted by Gasteiger charge is -2.25. The van der Waals surface area contributed by atoms with Crippen LogP contribution in [0.5, 0.6) is 0 Å². The normalized spacial score (nSPS) is 18.1. The Kier molecular flexibility index (Phi) is 4.22. The third-order valence-corrected chi connectivity index (χ3v) is 5.27. The summed E-state index contributed by atoms with van der Waals surface area (Å²) in [7, 11) is 2.15. The summed E-state index contributed by atoms with van der Waals surface area (Å²) in [5.74, 6) is 0. The van der Waals surface area contributed by atoms with Gasteiger partial charge in [0.1, 0.15) is 0 Å². The van der Waals surface area contributed by atoms with Gasteiger partial charge in [0, 0.05) is 31.2 Å². The van der Waals surface area contributed by atoms with Crippen molar-refractivity contribution in [2.75, 3.05) is 6.54 Å². The maximum atomic E-state index is 4.57. The monoisotopic (exact) mass is 334 g/mol. The molecule has 1 unspecified atom stereocenters. The average Bonchev–Trinajstić information content (AvgIpc) is 3.29. The number of likely N-dealkylation sites (tertiary alicyclic amines) is 1. The summed E-state index contributed by atoms with van der Waals surface area (Å²) in [6.07, 6.45) is 4.68. The average molecular weight is 334 g/mol. The third kappa shape index (κ3) is 3.14. The van der Waals surface area contributed by atoms with E-state index < -0.39 is 0 Å². The Hall–Kier alpha value is -2.33. The Morgan fingerprint density at radius 1 is 1.12 bits per heavy atom. The van der Waals surface area contributed by atoms with Crippen LogP contribution in [0.3, 0.4) is 0 Å². The van der Waals surface area contributed by atoms with Crippen molar-refractivity contribution in [3.8, 4) is 5.69 Å². The first-order chi connectivity index (χ1) is 12.1. The number of nitrogens with zero attached hydrogens (tertiary/aromatic N) is 4. The van der Waals surface area contributed by atoms with Gasteiger partial charge in [0.2, 0.25) is 0 Å². The molecule has 130 valence electrons. The summed E-state index contributed by atoms with van der Waals surface area (Å²) in [6, 6.07) is 15.9. The largest absolute Gasteiger partial charge is 0.353 e. The first-order valence-corrected chi connectivity index (χ1v) is 9.10. The van der Waals surface area contributed by atoms with Crippen LogP contribution >= 0.6 is 0 Å². The fraction of sp³-hybridized carbons (Fsp3) is 0.381. The summed E-state index contributed by atoms with van der Waals surface area (Å²) in [5, 5.41) is 4.57. The second-order valence-corrected chi connectivity index (χ2v) is 7.18. The van der Waals surface area contributed by atoms with Crippen molar-refractivity contribution in [2.45, 2.75) is 39.3 Å². The van der Waals surface area contributed by atoms with E-state index in [1.807, 2.05) is 11.6 Å². The van der Waals surface area contributed by atoms with Crippen molar-refractivity contribution in [2.24, 2.45) is 7.05 Å². The van der Waals surface area contributed by atoms with Crippen LogP contribution in [-0.2, 0) is 13.6 Å². The lowest BCUT2D eigenvalue weighted by Crippen LogP contribution is -2.24. The molecular formula is C21H26N4. The summed E-state index contributed by atoms with van der Waals surface area (Å²) < 4.78 is 4.27. The Balaban J connectivity index is 1.51. The van der Waals surface area contributed by atoms with E-state index in [0.717, 1.165) is 17.9 Å². The summed E-state index contributed by atoms with van der Waals surface area (Å²) >= 11 is 0. The highest BCUT2D eigenvalue weighted by atomic mass is 15.3. The molecule has 0 amide bonds. The molecule has 3 aromatic rings. The van der Waals surface area contributed by atoms with E-state index in [0.29, 0.717) is 6.04 Å². The molecule has 1 aliphatic rings. The molecule has 25 heavy (non-hydrogen) atoms. The van der Waals surface area contributed by atoms with E-state index in [4.69, 9.17) is 0 Å². The van der Waals surface area contributed by atoms with Crippen molar-refractivity contribution in [1.82, 2.24) is 19.2 Å². The molecule has 0 N–H and O–H groups in total. The summed E-state index contributed by atoms with van der Waals surface area (Å²) in [4.78, 5) is 2.60. The van der Waals surface area contributed by atoms with Crippen LogP contribution in [0.4, 0.5) is 0 Å². The first-order valence-electron chi connectivity index (χ1n) is 9.10. The first kappa shape index (κ1) is 16.2. The lowest BCUT2D eigenvalue weighted by atomic mass is 10.1. The van der Waals surface area contributed by atoms with Crippen molar-refractivity contribution >= 4 is 0 Å². The van der Waals surface area contributed by atoms with E-state index >= 15 is 0 Å². The van der Waals surface area contributed by atoms with Gasteiger partial charge < -0.3 is 4.57 Å². The zero-order valence-corrected chi connectivity index (χ0v) is 15.3. The predicted molar refractivity (Wildman–Crippen MR) is 101 cm³/mol. The maximum Gasteiger partial charge on any atom is 0.0648 e. The molecule has 4 nitrogen and oxygen atoms in total. The molecule has 1 fully saturated rings. The lowest BCUT2D eigenvalue weighted by molar-refractivity contribution is 0.241. The van der Waals surface area contributed by atoms with E-state index in [-0.39, 0.29) is 0 Å². The number of aromatic nitrogens is 3. The molecule has 1 saturated heterocycles. The molecule has 1 atom stereocenters. The summed E-state index contributed by atoms with van der Waals surface area (Å²) in [5.41, 5.74) is 6.16. The number of rotatable bonds is 4. The molecule has 1 aliphatic heterocycles. The number of hydrogen-bond acceptors (Lipinski definition) is 2. The Morgan fingerprint density at radius 3 is 2.56 bits per heavy atom.